The number of carbonyl (C=O) groups is 6. The number of benzene rings is 5. The topological polar surface area (TPSA) is 239 Å². The number of hydrogen-bond acceptors (Lipinski definition) is 14. The van der Waals surface area contributed by atoms with Crippen LogP contribution in [-0.2, 0) is 31.1 Å². The summed E-state index contributed by atoms with van der Waals surface area (Å²) in [7, 11) is 4.21. The Kier molecular flexibility index (Phi) is 18.4. The van der Waals surface area contributed by atoms with Crippen molar-refractivity contribution in [3.8, 4) is 29.1 Å². The average molecular weight is 1150 g/mol. The van der Waals surface area contributed by atoms with E-state index < -0.39 is 64.2 Å². The molecule has 0 aliphatic carbocycles. The average Bonchev–Trinajstić information content (AvgIpc) is 3.78. The zero-order valence-corrected chi connectivity index (χ0v) is 46.9. The molecule has 4 N–H and O–H groups in total. The molecule has 5 aromatic carbocycles. The van der Waals surface area contributed by atoms with Crippen LogP contribution in [0.4, 0.5) is 25.8 Å². The molecule has 18 nitrogen and oxygen atoms in total. The molecular weight excluding hydrogens is 1090 g/mol. The Morgan fingerprint density at radius 3 is 2.30 bits per heavy atom. The molecule has 1 unspecified atom stereocenters. The first kappa shape index (κ1) is 59.1. The predicted molar refractivity (Wildman–Crippen MR) is 297 cm³/mol. The summed E-state index contributed by atoms with van der Waals surface area (Å²) in [5.74, 6) is -4.72. The predicted octanol–water partition coefficient (Wildman–Crippen LogP) is 10.4. The number of azo groups is 1. The van der Waals surface area contributed by atoms with E-state index in [-0.39, 0.29) is 118 Å². The fraction of sp³-hybridized carbons (Fsp3) is 0.373. The van der Waals surface area contributed by atoms with Crippen LogP contribution in [0.1, 0.15) is 109 Å². The molecule has 3 aliphatic heterocycles. The largest absolute Gasteiger partial charge is 0.495 e. The number of nitrogens with one attached hydrogen (secondary N) is 4. The number of halogens is 4. The molecule has 0 saturated carbocycles. The number of hydrogen-bond donors (Lipinski definition) is 4. The van der Waals surface area contributed by atoms with E-state index in [4.69, 9.17) is 42.1 Å². The first-order valence-corrected chi connectivity index (χ1v) is 26.9. The van der Waals surface area contributed by atoms with Gasteiger partial charge in [0.05, 0.1) is 55.5 Å². The molecule has 3 aliphatic rings. The summed E-state index contributed by atoms with van der Waals surface area (Å²) in [5.41, 5.74) is -0.310. The molecule has 0 bridgehead atoms. The van der Waals surface area contributed by atoms with Gasteiger partial charge in [-0.05, 0) is 85.2 Å². The molecule has 424 valence electrons. The molecule has 0 aromatic heterocycles. The van der Waals surface area contributed by atoms with Gasteiger partial charge in [-0.2, -0.15) is 15.5 Å². The van der Waals surface area contributed by atoms with Gasteiger partial charge in [0.2, 0.25) is 23.5 Å². The Bertz CT molecular complexity index is 3340. The quantitative estimate of drug-likeness (QED) is 0.0305. The van der Waals surface area contributed by atoms with E-state index >= 15 is 8.78 Å². The van der Waals surface area contributed by atoms with E-state index in [0.717, 1.165) is 6.07 Å². The van der Waals surface area contributed by atoms with Crippen LogP contribution in [0.15, 0.2) is 95.2 Å². The van der Waals surface area contributed by atoms with Crippen LogP contribution in [0.3, 0.4) is 0 Å². The maximum absolute atomic E-state index is 16.2. The molecule has 22 heteroatoms. The van der Waals surface area contributed by atoms with Gasteiger partial charge in [0.15, 0.2) is 17.3 Å². The van der Waals surface area contributed by atoms with Gasteiger partial charge in [-0.25, -0.2) is 8.78 Å². The first-order chi connectivity index (χ1) is 38.7. The van der Waals surface area contributed by atoms with Crippen LogP contribution in [0.5, 0.6) is 23.0 Å². The van der Waals surface area contributed by atoms with Crippen LogP contribution >= 0.6 is 23.2 Å². The number of anilines is 1. The van der Waals surface area contributed by atoms with Crippen molar-refractivity contribution in [2.24, 2.45) is 15.6 Å². The number of fused-ring (bicyclic) bond motifs is 1. The molecule has 0 spiro atoms. The second-order valence-electron chi connectivity index (χ2n) is 21.1. The Balaban J connectivity index is 0.846. The molecule has 8 rings (SSSR count). The lowest BCUT2D eigenvalue weighted by Gasteiger charge is -2.37. The van der Waals surface area contributed by atoms with Crippen LogP contribution in [0.25, 0.3) is 0 Å². The monoisotopic (exact) mass is 1150 g/mol. The van der Waals surface area contributed by atoms with Crippen molar-refractivity contribution in [2.75, 3.05) is 39.8 Å². The smallest absolute Gasteiger partial charge is 0.255 e. The highest BCUT2D eigenvalue weighted by Gasteiger charge is 2.61. The molecule has 5 aromatic rings. The minimum atomic E-state index is -1.84. The molecule has 81 heavy (non-hydrogen) atoms. The highest BCUT2D eigenvalue weighted by molar-refractivity contribution is 6.31. The number of Topliss-reactive ketones (excluding diaryl/α,β-unsaturated/α-hetero) is 1. The van der Waals surface area contributed by atoms with E-state index in [9.17, 15) is 34.0 Å². The molecule has 5 amide bonds. The van der Waals surface area contributed by atoms with Gasteiger partial charge in [0.25, 0.3) is 11.8 Å². The van der Waals surface area contributed by atoms with E-state index in [1.54, 1.807) is 30.3 Å². The number of imide groups is 1. The number of methoxy groups -OCH3 is 3. The summed E-state index contributed by atoms with van der Waals surface area (Å²) < 4.78 is 55.0. The van der Waals surface area contributed by atoms with Gasteiger partial charge < -0.3 is 39.8 Å². The van der Waals surface area contributed by atoms with Crippen LogP contribution in [-0.4, -0.2) is 92.8 Å². The van der Waals surface area contributed by atoms with Gasteiger partial charge in [0, 0.05) is 77.3 Å². The Labute approximate surface area is 476 Å². The number of nitriles is 1. The number of rotatable bonds is 21. The molecule has 0 radical (unpaired) electrons. The lowest BCUT2D eigenvalue weighted by molar-refractivity contribution is -0.137. The summed E-state index contributed by atoms with van der Waals surface area (Å²) in [5, 5.41) is 31.1. The third kappa shape index (κ3) is 12.8. The minimum Gasteiger partial charge on any atom is -0.495 e. The van der Waals surface area contributed by atoms with E-state index in [2.05, 4.69) is 37.6 Å². The summed E-state index contributed by atoms with van der Waals surface area (Å²) in [4.78, 5) is 79.9. The number of unbranched alkanes of at least 4 members (excludes halogenated alkanes) is 2. The van der Waals surface area contributed by atoms with Crippen LogP contribution < -0.4 is 40.2 Å². The van der Waals surface area contributed by atoms with Crippen LogP contribution in [0, 0.1) is 28.4 Å². The van der Waals surface area contributed by atoms with Crippen LogP contribution in [0.2, 0.25) is 10.0 Å². The maximum Gasteiger partial charge on any atom is 0.255 e. The maximum atomic E-state index is 16.2. The third-order valence-electron chi connectivity index (χ3n) is 14.5. The normalized spacial score (nSPS) is 19.7. The molecular formula is C59H60Cl2F2N8O10. The van der Waals surface area contributed by atoms with E-state index in [1.165, 1.54) is 74.8 Å². The molecule has 3 heterocycles. The van der Waals surface area contributed by atoms with E-state index in [1.807, 2.05) is 20.8 Å². The van der Waals surface area contributed by atoms with Gasteiger partial charge >= 0.3 is 0 Å². The molecule has 2 saturated heterocycles. The summed E-state index contributed by atoms with van der Waals surface area (Å²) in [6.07, 6.45) is 2.48. The number of carbonyl (C=O) groups excluding carboxylic acids is 6. The lowest BCUT2D eigenvalue weighted by Crippen LogP contribution is -2.52. The number of ketones is 1. The summed E-state index contributed by atoms with van der Waals surface area (Å²) in [6.45, 7) is 5.93. The third-order valence-corrected chi connectivity index (χ3v) is 15.1. The highest BCUT2D eigenvalue weighted by Crippen LogP contribution is 2.53. The van der Waals surface area contributed by atoms with E-state index in [0.29, 0.717) is 41.8 Å². The Morgan fingerprint density at radius 1 is 0.889 bits per heavy atom. The van der Waals surface area contributed by atoms with Gasteiger partial charge in [-0.1, -0.05) is 74.7 Å². The number of nitrogens with zero attached hydrogens (tertiary/aromatic N) is 4. The van der Waals surface area contributed by atoms with Gasteiger partial charge in [-0.3, -0.25) is 34.1 Å². The highest BCUT2D eigenvalue weighted by atomic mass is 35.5. The van der Waals surface area contributed by atoms with Crippen molar-refractivity contribution in [3.05, 3.63) is 134 Å². The number of piperidine rings is 1. The van der Waals surface area contributed by atoms with Gasteiger partial charge in [0.1, 0.15) is 35.4 Å². The first-order valence-electron chi connectivity index (χ1n) is 26.1. The standard InChI is InChI=1S/C59H60Cl2F2N8O10/c1-58(2,3)28-48-59(31-64,39-19-18-33(60)25-41(39)62)50(37-14-10-15-40(61)51(37)63)52(67-48)56(76)66-43-20-17-32(24-45(43)78-4)54(74)65-23-9-7-8-12-35(72)30-81-53-46(79-5)26-34(27-47(53)80-6)69-70-42-16-11-13-36-38(42)29-71(57(36)77)44-21-22-49(73)68-55(44)75/h10-11,13-20,24-27,44,48,50,52,67H,7-9,12,21-23,28-30H2,1-6H3,(H,65,74)(H,66,76)(H,68,73,75)/t44?,48-,50-,52+,59-/m0/s1. The molecule has 5 atom stereocenters. The number of amides is 5. The zero-order chi connectivity index (χ0) is 58.3. The molecule has 2 fully saturated rings. The summed E-state index contributed by atoms with van der Waals surface area (Å²) in [6, 6.07) is 20.1. The summed E-state index contributed by atoms with van der Waals surface area (Å²) >= 11 is 12.5. The SMILES string of the molecule is COc1cc(C(=O)NCCCCCC(=O)COc2c(OC)cc(N=Nc3cccc4c3CN(C3CCC(=O)NC3=O)C4=O)cc2OC)ccc1NC(=O)[C@@H]1N[C@@H](CC(C)(C)C)[C@](C#N)(c2ccc(Cl)cc2F)[C@H]1c1cccc(Cl)c1F. The van der Waals surface area contributed by atoms with Crippen molar-refractivity contribution in [2.45, 2.75) is 102 Å². The van der Waals surface area contributed by atoms with Crippen molar-refractivity contribution in [3.63, 3.8) is 0 Å². The lowest BCUT2D eigenvalue weighted by atomic mass is 9.62. The number of ether oxygens (including phenoxy) is 4. The Hall–Kier alpha value is -7.99. The zero-order valence-electron chi connectivity index (χ0n) is 45.3. The fourth-order valence-corrected chi connectivity index (χ4v) is 11.0. The second kappa shape index (κ2) is 25.2. The second-order valence-corrected chi connectivity index (χ2v) is 21.9. The van der Waals surface area contributed by atoms with Crippen molar-refractivity contribution >= 4 is 75.6 Å². The van der Waals surface area contributed by atoms with Crippen molar-refractivity contribution in [1.82, 2.24) is 20.9 Å². The van der Waals surface area contributed by atoms with Crippen molar-refractivity contribution < 1.29 is 56.5 Å². The Morgan fingerprint density at radius 2 is 1.62 bits per heavy atom. The fourth-order valence-electron chi connectivity index (χ4n) is 10.7. The minimum absolute atomic E-state index is 0.0629. The van der Waals surface area contributed by atoms with Gasteiger partial charge in [-0.15, -0.1) is 0 Å². The van der Waals surface area contributed by atoms with Crippen molar-refractivity contribution in [1.29, 1.82) is 5.26 Å².